The van der Waals surface area contributed by atoms with E-state index in [4.69, 9.17) is 0 Å². The zero-order valence-corrected chi connectivity index (χ0v) is 12.8. The second-order valence-corrected chi connectivity index (χ2v) is 6.29. The second-order valence-electron chi connectivity index (χ2n) is 5.43. The van der Waals surface area contributed by atoms with Crippen LogP contribution >= 0.6 is 11.3 Å². The molecule has 3 rings (SSSR count). The molecule has 0 radical (unpaired) electrons. The van der Waals surface area contributed by atoms with Crippen molar-refractivity contribution in [1.82, 2.24) is 9.97 Å². The van der Waals surface area contributed by atoms with Crippen LogP contribution in [-0.4, -0.2) is 15.9 Å². The summed E-state index contributed by atoms with van der Waals surface area (Å²) in [5.74, 6) is 0.364. The number of aromatic nitrogens is 2. The number of carbonyl (C=O) groups excluding carboxylic acids is 1. The highest BCUT2D eigenvalue weighted by Gasteiger charge is 2.12. The van der Waals surface area contributed by atoms with Crippen molar-refractivity contribution in [3.63, 3.8) is 0 Å². The molecule has 4 nitrogen and oxygen atoms in total. The van der Waals surface area contributed by atoms with E-state index in [1.165, 1.54) is 11.3 Å². The fraction of sp³-hybridized carbons (Fsp3) is 0.250. The van der Waals surface area contributed by atoms with Crippen molar-refractivity contribution >= 4 is 33.3 Å². The van der Waals surface area contributed by atoms with Crippen LogP contribution in [0.3, 0.4) is 0 Å². The number of para-hydroxylation sites is 1. The zero-order chi connectivity index (χ0) is 14.8. The monoisotopic (exact) mass is 299 g/mol. The molecular weight excluding hydrogens is 282 g/mol. The van der Waals surface area contributed by atoms with E-state index in [1.54, 1.807) is 0 Å². The number of nitrogens with zero attached hydrogens (tertiary/aromatic N) is 1. The Labute approximate surface area is 127 Å². The van der Waals surface area contributed by atoms with Crippen LogP contribution in [0.5, 0.6) is 0 Å². The maximum absolute atomic E-state index is 11.8. The first-order valence-electron chi connectivity index (χ1n) is 6.95. The Hall–Kier alpha value is -2.14. The van der Waals surface area contributed by atoms with Gasteiger partial charge in [0, 0.05) is 34.5 Å². The quantitative estimate of drug-likeness (QED) is 0.755. The summed E-state index contributed by atoms with van der Waals surface area (Å²) in [6.45, 7) is 4.05. The number of H-pyrrole nitrogens is 1. The van der Waals surface area contributed by atoms with Crippen molar-refractivity contribution in [1.29, 1.82) is 0 Å². The molecule has 21 heavy (non-hydrogen) atoms. The van der Waals surface area contributed by atoms with Gasteiger partial charge in [0.25, 0.3) is 0 Å². The third kappa shape index (κ3) is 2.97. The highest BCUT2D eigenvalue weighted by atomic mass is 32.1. The lowest BCUT2D eigenvalue weighted by Crippen LogP contribution is -2.13. The van der Waals surface area contributed by atoms with Gasteiger partial charge in [0.05, 0.1) is 5.69 Å². The van der Waals surface area contributed by atoms with Gasteiger partial charge in [-0.3, -0.25) is 4.79 Å². The van der Waals surface area contributed by atoms with Gasteiger partial charge in [-0.2, -0.15) is 0 Å². The normalized spacial score (nSPS) is 11.2. The van der Waals surface area contributed by atoms with E-state index >= 15 is 0 Å². The number of thiazole rings is 1. The predicted octanol–water partition coefficient (Wildman–Crippen LogP) is 4.28. The number of hydrogen-bond donors (Lipinski definition) is 2. The number of benzene rings is 1. The molecule has 0 unspecified atom stereocenters. The van der Waals surface area contributed by atoms with Crippen LogP contribution in [0.15, 0.2) is 35.8 Å². The third-order valence-corrected chi connectivity index (χ3v) is 3.97. The summed E-state index contributed by atoms with van der Waals surface area (Å²) >= 11 is 1.45. The van der Waals surface area contributed by atoms with E-state index in [1.807, 2.05) is 43.6 Å². The van der Waals surface area contributed by atoms with E-state index in [2.05, 4.69) is 21.4 Å². The van der Waals surface area contributed by atoms with Crippen molar-refractivity contribution < 1.29 is 4.79 Å². The van der Waals surface area contributed by atoms with Crippen molar-refractivity contribution in [3.8, 4) is 11.3 Å². The van der Waals surface area contributed by atoms with Crippen LogP contribution in [0, 0.1) is 5.92 Å². The van der Waals surface area contributed by atoms with E-state index in [-0.39, 0.29) is 5.91 Å². The Balaban J connectivity index is 1.83. The highest BCUT2D eigenvalue weighted by molar-refractivity contribution is 7.14. The van der Waals surface area contributed by atoms with Gasteiger partial charge in [-0.15, -0.1) is 11.3 Å². The summed E-state index contributed by atoms with van der Waals surface area (Å²) in [6, 6.07) is 8.12. The Bertz CT molecular complexity index is 773. The molecule has 0 aliphatic carbocycles. The van der Waals surface area contributed by atoms with Crippen LogP contribution in [0.1, 0.15) is 20.3 Å². The number of hydrogen-bond acceptors (Lipinski definition) is 3. The Morgan fingerprint density at radius 2 is 2.19 bits per heavy atom. The number of rotatable bonds is 4. The molecule has 0 aliphatic heterocycles. The van der Waals surface area contributed by atoms with Gasteiger partial charge in [-0.25, -0.2) is 4.98 Å². The molecule has 3 aromatic rings. The number of carbonyl (C=O) groups is 1. The Kier molecular flexibility index (Phi) is 3.75. The number of fused-ring (bicyclic) bond motifs is 1. The fourth-order valence-corrected chi connectivity index (χ4v) is 3.01. The molecule has 0 fully saturated rings. The minimum absolute atomic E-state index is 0.0184. The molecule has 1 aromatic carbocycles. The molecule has 1 amide bonds. The molecule has 0 saturated carbocycles. The van der Waals surface area contributed by atoms with Gasteiger partial charge < -0.3 is 10.3 Å². The van der Waals surface area contributed by atoms with Crippen molar-refractivity contribution in [2.75, 3.05) is 5.32 Å². The molecule has 0 spiro atoms. The van der Waals surface area contributed by atoms with E-state index in [0.717, 1.165) is 22.2 Å². The number of nitrogens with one attached hydrogen (secondary N) is 2. The van der Waals surface area contributed by atoms with Gasteiger partial charge in [0.1, 0.15) is 0 Å². The standard InChI is InChI=1S/C16H17N3OS/c1-10(2)7-15(20)19-16-18-14(9-21-16)12-8-17-13-6-4-3-5-11(12)13/h3-6,8-10,17H,7H2,1-2H3,(H,18,19,20). The second kappa shape index (κ2) is 5.69. The van der Waals surface area contributed by atoms with Crippen LogP contribution in [-0.2, 0) is 4.79 Å². The number of aromatic amines is 1. The first-order chi connectivity index (χ1) is 10.1. The molecule has 2 aromatic heterocycles. The molecule has 2 N–H and O–H groups in total. The summed E-state index contributed by atoms with van der Waals surface area (Å²) in [4.78, 5) is 19.5. The first kappa shape index (κ1) is 13.8. The first-order valence-corrected chi connectivity index (χ1v) is 7.83. The largest absolute Gasteiger partial charge is 0.360 e. The molecule has 108 valence electrons. The molecule has 0 saturated heterocycles. The maximum Gasteiger partial charge on any atom is 0.226 e. The van der Waals surface area contributed by atoms with E-state index in [9.17, 15) is 4.79 Å². The molecule has 2 heterocycles. The van der Waals surface area contributed by atoms with Crippen LogP contribution < -0.4 is 5.32 Å². The van der Waals surface area contributed by atoms with Crippen molar-refractivity contribution in [3.05, 3.63) is 35.8 Å². The SMILES string of the molecule is CC(C)CC(=O)Nc1nc(-c2c[nH]c3ccccc23)cs1. The van der Waals surface area contributed by atoms with Crippen LogP contribution in [0.4, 0.5) is 5.13 Å². The van der Waals surface area contributed by atoms with Crippen molar-refractivity contribution in [2.45, 2.75) is 20.3 Å². The van der Waals surface area contributed by atoms with Gasteiger partial charge in [0.15, 0.2) is 5.13 Å². The summed E-state index contributed by atoms with van der Waals surface area (Å²) in [5.41, 5.74) is 3.04. The average molecular weight is 299 g/mol. The lowest BCUT2D eigenvalue weighted by atomic mass is 10.1. The van der Waals surface area contributed by atoms with Gasteiger partial charge >= 0.3 is 0 Å². The third-order valence-electron chi connectivity index (χ3n) is 3.21. The van der Waals surface area contributed by atoms with E-state index < -0.39 is 0 Å². The zero-order valence-electron chi connectivity index (χ0n) is 12.0. The molecule has 0 atom stereocenters. The smallest absolute Gasteiger partial charge is 0.226 e. The molecule has 0 bridgehead atoms. The molecule has 0 aliphatic rings. The lowest BCUT2D eigenvalue weighted by molar-refractivity contribution is -0.116. The summed E-state index contributed by atoms with van der Waals surface area (Å²) in [5, 5.41) is 6.63. The minimum Gasteiger partial charge on any atom is -0.360 e. The minimum atomic E-state index is 0.0184. The summed E-state index contributed by atoms with van der Waals surface area (Å²) in [6.07, 6.45) is 2.47. The lowest BCUT2D eigenvalue weighted by Gasteiger charge is -2.03. The number of amides is 1. The summed E-state index contributed by atoms with van der Waals surface area (Å²) < 4.78 is 0. The van der Waals surface area contributed by atoms with E-state index in [0.29, 0.717) is 17.5 Å². The Morgan fingerprint density at radius 1 is 1.38 bits per heavy atom. The molecule has 5 heteroatoms. The van der Waals surface area contributed by atoms with Gasteiger partial charge in [-0.05, 0) is 12.0 Å². The average Bonchev–Trinajstić information content (AvgIpc) is 3.03. The predicted molar refractivity (Wildman–Crippen MR) is 87.5 cm³/mol. The summed E-state index contributed by atoms with van der Waals surface area (Å²) in [7, 11) is 0. The maximum atomic E-state index is 11.8. The number of anilines is 1. The fourth-order valence-electron chi connectivity index (χ4n) is 2.28. The van der Waals surface area contributed by atoms with Gasteiger partial charge in [0.2, 0.25) is 5.91 Å². The topological polar surface area (TPSA) is 57.8 Å². The van der Waals surface area contributed by atoms with Crippen LogP contribution in [0.2, 0.25) is 0 Å². The van der Waals surface area contributed by atoms with Crippen molar-refractivity contribution in [2.24, 2.45) is 5.92 Å². The highest BCUT2D eigenvalue weighted by Crippen LogP contribution is 2.30. The van der Waals surface area contributed by atoms with Crippen LogP contribution in [0.25, 0.3) is 22.2 Å². The molecular formula is C16H17N3OS. The van der Waals surface area contributed by atoms with Gasteiger partial charge in [-0.1, -0.05) is 32.0 Å². The Morgan fingerprint density at radius 3 is 3.00 bits per heavy atom.